The van der Waals surface area contributed by atoms with Crippen molar-refractivity contribution in [2.75, 3.05) is 18.4 Å². The largest absolute Gasteiger partial charge is 0.302 e. The van der Waals surface area contributed by atoms with E-state index in [-0.39, 0.29) is 17.3 Å². The Morgan fingerprint density at radius 2 is 1.81 bits per heavy atom. The lowest BCUT2D eigenvalue weighted by molar-refractivity contribution is -0.120. The third-order valence-corrected chi connectivity index (χ3v) is 8.54. The molecule has 5 rings (SSSR count). The van der Waals surface area contributed by atoms with Gasteiger partial charge in [-0.1, -0.05) is 59.9 Å². The maximum atomic E-state index is 13.0. The Hall–Kier alpha value is -2.81. The lowest BCUT2D eigenvalue weighted by Gasteiger charge is -2.31. The number of anilines is 1. The molecule has 2 heterocycles. The molecule has 1 fully saturated rings. The van der Waals surface area contributed by atoms with E-state index in [4.69, 9.17) is 0 Å². The number of thiazole rings is 1. The summed E-state index contributed by atoms with van der Waals surface area (Å²) in [5.74, 6) is -0.590. The number of carbonyl (C=O) groups is 1. The van der Waals surface area contributed by atoms with Crippen LogP contribution in [0.3, 0.4) is 0 Å². The van der Waals surface area contributed by atoms with Crippen molar-refractivity contribution in [2.24, 2.45) is 5.92 Å². The highest BCUT2D eigenvalue weighted by atomic mass is 32.2. The summed E-state index contributed by atoms with van der Waals surface area (Å²) in [5.41, 5.74) is 0.843. The van der Waals surface area contributed by atoms with Crippen molar-refractivity contribution in [3.05, 3.63) is 66.7 Å². The van der Waals surface area contributed by atoms with Gasteiger partial charge in [-0.05, 0) is 36.4 Å². The molecule has 0 bridgehead atoms. The number of rotatable bonds is 4. The summed E-state index contributed by atoms with van der Waals surface area (Å²) in [7, 11) is -3.61. The van der Waals surface area contributed by atoms with Gasteiger partial charge in [0.1, 0.15) is 0 Å². The minimum atomic E-state index is -3.61. The molecule has 1 N–H and O–H groups in total. The number of amides is 1. The normalized spacial score (nSPS) is 17.7. The molecule has 1 aromatic heterocycles. The molecule has 3 aromatic carbocycles. The van der Waals surface area contributed by atoms with Crippen LogP contribution < -0.4 is 5.32 Å². The molecule has 0 radical (unpaired) electrons. The fourth-order valence-electron chi connectivity index (χ4n) is 4.03. The summed E-state index contributed by atoms with van der Waals surface area (Å²) in [6.07, 6.45) is 1.30. The zero-order valence-electron chi connectivity index (χ0n) is 16.7. The summed E-state index contributed by atoms with van der Waals surface area (Å²) in [5, 5.41) is 5.70. The third kappa shape index (κ3) is 3.82. The van der Waals surface area contributed by atoms with Gasteiger partial charge >= 0.3 is 0 Å². The Balaban J connectivity index is 1.35. The molecule has 0 spiro atoms. The Kier molecular flexibility index (Phi) is 5.21. The van der Waals surface area contributed by atoms with Crippen LogP contribution in [0.5, 0.6) is 0 Å². The Bertz CT molecular complexity index is 1370. The molecule has 1 aliphatic heterocycles. The summed E-state index contributed by atoms with van der Waals surface area (Å²) in [4.78, 5) is 17.8. The molecule has 8 heteroatoms. The maximum absolute atomic E-state index is 13.0. The summed E-state index contributed by atoms with van der Waals surface area (Å²) < 4.78 is 28.3. The molecule has 158 valence electrons. The van der Waals surface area contributed by atoms with E-state index in [9.17, 15) is 13.2 Å². The highest BCUT2D eigenvalue weighted by molar-refractivity contribution is 7.89. The first-order chi connectivity index (χ1) is 15.0. The molecule has 1 unspecified atom stereocenters. The van der Waals surface area contributed by atoms with E-state index in [2.05, 4.69) is 22.4 Å². The van der Waals surface area contributed by atoms with Gasteiger partial charge in [0, 0.05) is 18.5 Å². The quantitative estimate of drug-likeness (QED) is 0.496. The average Bonchev–Trinajstić information content (AvgIpc) is 3.23. The Morgan fingerprint density at radius 1 is 1.03 bits per heavy atom. The van der Waals surface area contributed by atoms with Crippen molar-refractivity contribution in [1.29, 1.82) is 0 Å². The number of nitrogens with one attached hydrogen (secondary N) is 1. The molecule has 1 atom stereocenters. The SMILES string of the molecule is O=C(Nc1nc2ccc3ccccc3c2s1)C1CCCN(S(=O)(=O)c2ccccc2)C1. The Labute approximate surface area is 184 Å². The number of piperidine rings is 1. The second kappa shape index (κ2) is 8.03. The second-order valence-electron chi connectivity index (χ2n) is 7.66. The fourth-order valence-corrected chi connectivity index (χ4v) is 6.58. The van der Waals surface area contributed by atoms with Crippen molar-refractivity contribution in [3.8, 4) is 0 Å². The summed E-state index contributed by atoms with van der Waals surface area (Å²) in [6, 6.07) is 20.4. The minimum absolute atomic E-state index is 0.177. The molecule has 4 aromatic rings. The van der Waals surface area contributed by atoms with Gasteiger partial charge in [-0.15, -0.1) is 0 Å². The Morgan fingerprint density at radius 3 is 2.65 bits per heavy atom. The van der Waals surface area contributed by atoms with Crippen LogP contribution in [0.1, 0.15) is 12.8 Å². The van der Waals surface area contributed by atoms with E-state index in [1.165, 1.54) is 15.6 Å². The highest BCUT2D eigenvalue weighted by Crippen LogP contribution is 2.33. The molecule has 0 saturated carbocycles. The van der Waals surface area contributed by atoms with E-state index in [0.29, 0.717) is 24.5 Å². The van der Waals surface area contributed by atoms with Crippen molar-refractivity contribution in [1.82, 2.24) is 9.29 Å². The number of fused-ring (bicyclic) bond motifs is 3. The van der Waals surface area contributed by atoms with Crippen molar-refractivity contribution < 1.29 is 13.2 Å². The molecule has 31 heavy (non-hydrogen) atoms. The first kappa shape index (κ1) is 20.1. The number of benzene rings is 3. The van der Waals surface area contributed by atoms with Crippen LogP contribution in [-0.4, -0.2) is 36.7 Å². The molecular formula is C23H21N3O3S2. The number of hydrogen-bond acceptors (Lipinski definition) is 5. The van der Waals surface area contributed by atoms with Crippen molar-refractivity contribution in [3.63, 3.8) is 0 Å². The molecule has 6 nitrogen and oxygen atoms in total. The number of aromatic nitrogens is 1. The second-order valence-corrected chi connectivity index (χ2v) is 10.6. The number of carbonyl (C=O) groups excluding carboxylic acids is 1. The van der Waals surface area contributed by atoms with Crippen LogP contribution >= 0.6 is 11.3 Å². The van der Waals surface area contributed by atoms with E-state index in [1.54, 1.807) is 30.3 Å². The predicted octanol–water partition coefficient (Wildman–Crippen LogP) is 4.49. The lowest BCUT2D eigenvalue weighted by atomic mass is 9.99. The van der Waals surface area contributed by atoms with Gasteiger partial charge in [-0.3, -0.25) is 4.79 Å². The molecule has 1 amide bonds. The van der Waals surface area contributed by atoms with Gasteiger partial charge in [-0.2, -0.15) is 4.31 Å². The van der Waals surface area contributed by atoms with Crippen LogP contribution in [0.15, 0.2) is 71.6 Å². The van der Waals surface area contributed by atoms with Gasteiger partial charge in [0.2, 0.25) is 15.9 Å². The standard InChI is InChI=1S/C23H21N3O3S2/c27-22(17-8-6-14-26(15-17)31(28,29)18-9-2-1-3-10-18)25-23-24-20-13-12-16-7-4-5-11-19(16)21(20)30-23/h1-5,7,9-13,17H,6,8,14-15H2,(H,24,25,27). The van der Waals surface area contributed by atoms with Gasteiger partial charge in [0.25, 0.3) is 0 Å². The minimum Gasteiger partial charge on any atom is -0.302 e. The maximum Gasteiger partial charge on any atom is 0.243 e. The van der Waals surface area contributed by atoms with Gasteiger partial charge in [0.15, 0.2) is 5.13 Å². The number of hydrogen-bond donors (Lipinski definition) is 1. The molecular weight excluding hydrogens is 430 g/mol. The first-order valence-electron chi connectivity index (χ1n) is 10.2. The summed E-state index contributed by atoms with van der Waals surface area (Å²) >= 11 is 1.45. The van der Waals surface area contributed by atoms with Crippen LogP contribution in [-0.2, 0) is 14.8 Å². The zero-order chi connectivity index (χ0) is 21.4. The fraction of sp³-hybridized carbons (Fsp3) is 0.217. The van der Waals surface area contributed by atoms with Crippen LogP contribution in [0.4, 0.5) is 5.13 Å². The smallest absolute Gasteiger partial charge is 0.243 e. The van der Waals surface area contributed by atoms with Crippen LogP contribution in [0, 0.1) is 5.92 Å². The highest BCUT2D eigenvalue weighted by Gasteiger charge is 2.33. The molecule has 0 aliphatic carbocycles. The van der Waals surface area contributed by atoms with Gasteiger partial charge in [0.05, 0.1) is 21.0 Å². The lowest BCUT2D eigenvalue weighted by Crippen LogP contribution is -2.43. The van der Waals surface area contributed by atoms with Crippen molar-refractivity contribution in [2.45, 2.75) is 17.7 Å². The van der Waals surface area contributed by atoms with Crippen LogP contribution in [0.25, 0.3) is 21.0 Å². The third-order valence-electron chi connectivity index (χ3n) is 5.65. The van der Waals surface area contributed by atoms with Gasteiger partial charge in [-0.25, -0.2) is 13.4 Å². The summed E-state index contributed by atoms with van der Waals surface area (Å²) in [6.45, 7) is 0.602. The predicted molar refractivity (Wildman–Crippen MR) is 124 cm³/mol. The van der Waals surface area contributed by atoms with E-state index < -0.39 is 15.9 Å². The van der Waals surface area contributed by atoms with E-state index in [0.717, 1.165) is 21.0 Å². The average molecular weight is 452 g/mol. The number of sulfonamides is 1. The first-order valence-corrected chi connectivity index (χ1v) is 12.4. The van der Waals surface area contributed by atoms with E-state index >= 15 is 0 Å². The van der Waals surface area contributed by atoms with E-state index in [1.807, 2.05) is 24.3 Å². The molecule has 1 aliphatic rings. The monoisotopic (exact) mass is 451 g/mol. The molecule has 1 saturated heterocycles. The number of nitrogens with zero attached hydrogens (tertiary/aromatic N) is 2. The van der Waals surface area contributed by atoms with Gasteiger partial charge < -0.3 is 5.32 Å². The topological polar surface area (TPSA) is 79.4 Å². The van der Waals surface area contributed by atoms with Crippen LogP contribution in [0.2, 0.25) is 0 Å². The zero-order valence-corrected chi connectivity index (χ0v) is 18.3. The van der Waals surface area contributed by atoms with Crippen molar-refractivity contribution >= 4 is 53.4 Å².